The van der Waals surface area contributed by atoms with Crippen molar-refractivity contribution in [1.82, 2.24) is 10.2 Å². The molecule has 1 unspecified atom stereocenters. The van der Waals surface area contributed by atoms with Gasteiger partial charge in [0.2, 0.25) is 5.91 Å². The highest BCUT2D eigenvalue weighted by atomic mass is 16.5. The fourth-order valence-electron chi connectivity index (χ4n) is 3.73. The fourth-order valence-corrected chi connectivity index (χ4v) is 3.73. The third-order valence-electron chi connectivity index (χ3n) is 5.24. The van der Waals surface area contributed by atoms with E-state index in [0.29, 0.717) is 19.6 Å². The summed E-state index contributed by atoms with van der Waals surface area (Å²) in [6.07, 6.45) is 0.386. The van der Waals surface area contributed by atoms with E-state index in [-0.39, 0.29) is 25.0 Å². The SMILES string of the molecule is CNC(=O)C1(Cc2ccc(-c3cccc(C)c3)cc2)CN(C(=O)COC)CCO1. The molecular weight excluding hydrogens is 368 g/mol. The number of ether oxygens (including phenoxy) is 2. The summed E-state index contributed by atoms with van der Waals surface area (Å²) < 4.78 is 10.9. The molecule has 3 rings (SSSR count). The normalized spacial score (nSPS) is 19.1. The van der Waals surface area contributed by atoms with Crippen LogP contribution in [-0.2, 0) is 25.5 Å². The van der Waals surface area contributed by atoms with E-state index in [9.17, 15) is 9.59 Å². The first kappa shape index (κ1) is 21.0. The van der Waals surface area contributed by atoms with Crippen LogP contribution in [0.2, 0.25) is 0 Å². The van der Waals surface area contributed by atoms with E-state index in [0.717, 1.165) is 16.7 Å². The van der Waals surface area contributed by atoms with E-state index in [4.69, 9.17) is 9.47 Å². The molecule has 0 spiro atoms. The summed E-state index contributed by atoms with van der Waals surface area (Å²) in [5.74, 6) is -0.367. The molecule has 1 aliphatic heterocycles. The van der Waals surface area contributed by atoms with Crippen molar-refractivity contribution in [2.24, 2.45) is 0 Å². The Bertz CT molecular complexity index is 865. The molecule has 1 N–H and O–H groups in total. The van der Waals surface area contributed by atoms with Crippen LogP contribution in [0.4, 0.5) is 0 Å². The van der Waals surface area contributed by atoms with Crippen LogP contribution in [0.5, 0.6) is 0 Å². The number of carbonyl (C=O) groups excluding carboxylic acids is 2. The highest BCUT2D eigenvalue weighted by Gasteiger charge is 2.44. The summed E-state index contributed by atoms with van der Waals surface area (Å²) >= 11 is 0. The van der Waals surface area contributed by atoms with Gasteiger partial charge in [-0.3, -0.25) is 9.59 Å². The molecule has 6 nitrogen and oxygen atoms in total. The molecule has 2 aromatic carbocycles. The lowest BCUT2D eigenvalue weighted by molar-refractivity contribution is -0.167. The van der Waals surface area contributed by atoms with E-state index >= 15 is 0 Å². The number of aryl methyl sites for hydroxylation is 1. The van der Waals surface area contributed by atoms with Crippen molar-refractivity contribution in [3.63, 3.8) is 0 Å². The molecule has 1 aliphatic rings. The zero-order valence-electron chi connectivity index (χ0n) is 17.2. The summed E-state index contributed by atoms with van der Waals surface area (Å²) in [7, 11) is 3.07. The van der Waals surface area contributed by atoms with Gasteiger partial charge in [0.15, 0.2) is 5.60 Å². The number of rotatable bonds is 6. The number of carbonyl (C=O) groups is 2. The van der Waals surface area contributed by atoms with Crippen molar-refractivity contribution in [1.29, 1.82) is 0 Å². The highest BCUT2D eigenvalue weighted by molar-refractivity contribution is 5.87. The Morgan fingerprint density at radius 1 is 1.17 bits per heavy atom. The van der Waals surface area contributed by atoms with Gasteiger partial charge in [-0.05, 0) is 23.6 Å². The van der Waals surface area contributed by atoms with Crippen molar-refractivity contribution in [3.05, 3.63) is 59.7 Å². The summed E-state index contributed by atoms with van der Waals surface area (Å²) in [6, 6.07) is 16.5. The van der Waals surface area contributed by atoms with Crippen LogP contribution in [0.25, 0.3) is 11.1 Å². The third kappa shape index (κ3) is 4.83. The Morgan fingerprint density at radius 2 is 1.93 bits per heavy atom. The van der Waals surface area contributed by atoms with Crippen LogP contribution in [0.1, 0.15) is 11.1 Å². The number of benzene rings is 2. The maximum Gasteiger partial charge on any atom is 0.254 e. The van der Waals surface area contributed by atoms with E-state index in [1.165, 1.54) is 12.7 Å². The lowest BCUT2D eigenvalue weighted by Gasteiger charge is -2.41. The number of nitrogens with zero attached hydrogens (tertiary/aromatic N) is 1. The minimum Gasteiger partial charge on any atom is -0.375 e. The fraction of sp³-hybridized carbons (Fsp3) is 0.391. The molecule has 0 bridgehead atoms. The van der Waals surface area contributed by atoms with Crippen LogP contribution >= 0.6 is 0 Å². The maximum atomic E-state index is 12.7. The minimum atomic E-state index is -1.11. The first-order valence-electron chi connectivity index (χ1n) is 9.76. The molecule has 29 heavy (non-hydrogen) atoms. The molecular formula is C23H28N2O4. The molecule has 2 amide bonds. The Kier molecular flexibility index (Phi) is 6.67. The number of hydrogen-bond donors (Lipinski definition) is 1. The Labute approximate surface area is 171 Å². The zero-order valence-corrected chi connectivity index (χ0v) is 17.2. The van der Waals surface area contributed by atoms with E-state index in [2.05, 4.69) is 42.6 Å². The lowest BCUT2D eigenvalue weighted by Crippen LogP contribution is -2.62. The Balaban J connectivity index is 1.81. The average Bonchev–Trinajstić information content (AvgIpc) is 2.74. The molecule has 1 atom stereocenters. The molecule has 0 saturated carbocycles. The quantitative estimate of drug-likeness (QED) is 0.813. The number of amides is 2. The molecule has 1 fully saturated rings. The smallest absolute Gasteiger partial charge is 0.254 e. The Hall–Kier alpha value is -2.70. The van der Waals surface area contributed by atoms with E-state index < -0.39 is 5.60 Å². The molecule has 0 aromatic heterocycles. The lowest BCUT2D eigenvalue weighted by atomic mass is 9.90. The molecule has 2 aromatic rings. The summed E-state index contributed by atoms with van der Waals surface area (Å²) in [5, 5.41) is 2.70. The second-order valence-corrected chi connectivity index (χ2v) is 7.41. The van der Waals surface area contributed by atoms with Crippen molar-refractivity contribution in [3.8, 4) is 11.1 Å². The predicted octanol–water partition coefficient (Wildman–Crippen LogP) is 2.19. The van der Waals surface area contributed by atoms with Crippen molar-refractivity contribution in [2.75, 3.05) is 40.5 Å². The van der Waals surface area contributed by atoms with Crippen LogP contribution in [0, 0.1) is 6.92 Å². The van der Waals surface area contributed by atoms with Gasteiger partial charge < -0.3 is 19.7 Å². The van der Waals surface area contributed by atoms with Gasteiger partial charge in [-0.25, -0.2) is 0 Å². The van der Waals surface area contributed by atoms with Crippen LogP contribution < -0.4 is 5.32 Å². The number of hydrogen-bond acceptors (Lipinski definition) is 4. The summed E-state index contributed by atoms with van der Waals surface area (Å²) in [6.45, 7) is 3.03. The largest absolute Gasteiger partial charge is 0.375 e. The predicted molar refractivity (Wildman–Crippen MR) is 112 cm³/mol. The number of nitrogens with one attached hydrogen (secondary N) is 1. The second kappa shape index (κ2) is 9.20. The van der Waals surface area contributed by atoms with Gasteiger partial charge in [0, 0.05) is 27.1 Å². The Morgan fingerprint density at radius 3 is 2.59 bits per heavy atom. The van der Waals surface area contributed by atoms with Crippen LogP contribution in [0.15, 0.2) is 48.5 Å². The third-order valence-corrected chi connectivity index (χ3v) is 5.24. The van der Waals surface area contributed by atoms with Crippen LogP contribution in [0.3, 0.4) is 0 Å². The van der Waals surface area contributed by atoms with Gasteiger partial charge in [-0.1, -0.05) is 54.1 Å². The van der Waals surface area contributed by atoms with Gasteiger partial charge >= 0.3 is 0 Å². The first-order valence-corrected chi connectivity index (χ1v) is 9.76. The minimum absolute atomic E-state index is 0.00495. The monoisotopic (exact) mass is 396 g/mol. The number of morpholine rings is 1. The van der Waals surface area contributed by atoms with Gasteiger partial charge in [-0.2, -0.15) is 0 Å². The second-order valence-electron chi connectivity index (χ2n) is 7.41. The summed E-state index contributed by atoms with van der Waals surface area (Å²) in [4.78, 5) is 26.7. The van der Waals surface area contributed by atoms with Gasteiger partial charge in [0.25, 0.3) is 5.91 Å². The number of methoxy groups -OCH3 is 1. The van der Waals surface area contributed by atoms with Crippen molar-refractivity contribution >= 4 is 11.8 Å². The molecule has 1 heterocycles. The van der Waals surface area contributed by atoms with E-state index in [1.54, 1.807) is 11.9 Å². The average molecular weight is 396 g/mol. The van der Waals surface area contributed by atoms with Gasteiger partial charge in [0.1, 0.15) is 6.61 Å². The molecule has 154 valence electrons. The number of likely N-dealkylation sites (N-methyl/N-ethyl adjacent to an activating group) is 1. The molecule has 0 aliphatic carbocycles. The molecule has 1 saturated heterocycles. The zero-order chi connectivity index (χ0) is 20.9. The highest BCUT2D eigenvalue weighted by Crippen LogP contribution is 2.26. The van der Waals surface area contributed by atoms with Gasteiger partial charge in [0.05, 0.1) is 13.2 Å². The van der Waals surface area contributed by atoms with E-state index in [1.807, 2.05) is 18.2 Å². The van der Waals surface area contributed by atoms with Crippen molar-refractivity contribution in [2.45, 2.75) is 18.9 Å². The van der Waals surface area contributed by atoms with Gasteiger partial charge in [-0.15, -0.1) is 0 Å². The topological polar surface area (TPSA) is 67.9 Å². The summed E-state index contributed by atoms with van der Waals surface area (Å²) in [5.41, 5.74) is 3.35. The molecule has 6 heteroatoms. The maximum absolute atomic E-state index is 12.7. The van der Waals surface area contributed by atoms with Crippen LogP contribution in [-0.4, -0.2) is 62.8 Å². The first-order chi connectivity index (χ1) is 14.0. The molecule has 0 radical (unpaired) electrons. The van der Waals surface area contributed by atoms with Crippen molar-refractivity contribution < 1.29 is 19.1 Å². The standard InChI is InChI=1S/C23H28N2O4/c1-17-5-4-6-20(13-17)19-9-7-18(8-10-19)14-23(22(27)24-2)16-25(11-12-29-23)21(26)15-28-3/h4-10,13H,11-12,14-16H2,1-3H3,(H,24,27).